The van der Waals surface area contributed by atoms with Gasteiger partial charge in [-0.2, -0.15) is 0 Å². The van der Waals surface area contributed by atoms with E-state index in [4.69, 9.17) is 11.6 Å². The molecular formula is C14H18ClNOS. The van der Waals surface area contributed by atoms with Crippen LogP contribution >= 0.6 is 24.2 Å². The van der Waals surface area contributed by atoms with Crippen molar-refractivity contribution >= 4 is 30.1 Å². The third kappa shape index (κ3) is 3.66. The van der Waals surface area contributed by atoms with Crippen molar-refractivity contribution in [3.8, 4) is 0 Å². The molecular weight excluding hydrogens is 266 g/mol. The van der Waals surface area contributed by atoms with Crippen molar-refractivity contribution in [3.63, 3.8) is 0 Å². The van der Waals surface area contributed by atoms with Crippen molar-refractivity contribution < 1.29 is 4.79 Å². The molecule has 0 saturated heterocycles. The molecule has 0 spiro atoms. The Labute approximate surface area is 119 Å². The van der Waals surface area contributed by atoms with E-state index in [-0.39, 0.29) is 5.91 Å². The molecule has 0 aliphatic heterocycles. The molecule has 1 aliphatic rings. The van der Waals surface area contributed by atoms with Crippen LogP contribution in [0.2, 0.25) is 5.02 Å². The SMILES string of the molecule is O=C(NC1CCCCCC1)c1cc(S)ccc1Cl. The van der Waals surface area contributed by atoms with Gasteiger partial charge in [0.25, 0.3) is 5.91 Å². The van der Waals surface area contributed by atoms with Crippen LogP contribution in [-0.4, -0.2) is 11.9 Å². The molecule has 1 N–H and O–H groups in total. The molecule has 0 heterocycles. The molecule has 4 heteroatoms. The van der Waals surface area contributed by atoms with E-state index in [2.05, 4.69) is 17.9 Å². The average molecular weight is 284 g/mol. The summed E-state index contributed by atoms with van der Waals surface area (Å²) in [6, 6.07) is 5.51. The van der Waals surface area contributed by atoms with E-state index >= 15 is 0 Å². The fourth-order valence-corrected chi connectivity index (χ4v) is 2.78. The summed E-state index contributed by atoms with van der Waals surface area (Å²) in [7, 11) is 0. The van der Waals surface area contributed by atoms with Crippen molar-refractivity contribution in [2.45, 2.75) is 49.5 Å². The first-order valence-electron chi connectivity index (χ1n) is 6.46. The highest BCUT2D eigenvalue weighted by Gasteiger charge is 2.17. The van der Waals surface area contributed by atoms with E-state index in [1.54, 1.807) is 18.2 Å². The van der Waals surface area contributed by atoms with Crippen molar-refractivity contribution in [1.82, 2.24) is 5.32 Å². The molecule has 1 saturated carbocycles. The molecule has 2 nitrogen and oxygen atoms in total. The molecule has 0 bridgehead atoms. The molecule has 0 unspecified atom stereocenters. The zero-order valence-electron chi connectivity index (χ0n) is 10.3. The molecule has 1 aromatic carbocycles. The summed E-state index contributed by atoms with van der Waals surface area (Å²) in [6.45, 7) is 0. The zero-order valence-corrected chi connectivity index (χ0v) is 11.9. The van der Waals surface area contributed by atoms with Gasteiger partial charge in [0, 0.05) is 10.9 Å². The zero-order chi connectivity index (χ0) is 13.0. The van der Waals surface area contributed by atoms with Crippen LogP contribution in [0, 0.1) is 0 Å². The highest BCUT2D eigenvalue weighted by molar-refractivity contribution is 7.80. The maximum atomic E-state index is 12.2. The van der Waals surface area contributed by atoms with Gasteiger partial charge in [0.15, 0.2) is 0 Å². The lowest BCUT2D eigenvalue weighted by atomic mass is 10.1. The van der Waals surface area contributed by atoms with Crippen LogP contribution in [0.5, 0.6) is 0 Å². The maximum absolute atomic E-state index is 12.2. The van der Waals surface area contributed by atoms with Gasteiger partial charge in [-0.3, -0.25) is 4.79 Å². The number of nitrogens with one attached hydrogen (secondary N) is 1. The fourth-order valence-electron chi connectivity index (χ4n) is 2.37. The normalized spacial score (nSPS) is 17.2. The van der Waals surface area contributed by atoms with Crippen LogP contribution in [0.1, 0.15) is 48.9 Å². The molecule has 1 aromatic rings. The molecule has 98 valence electrons. The molecule has 1 fully saturated rings. The Morgan fingerprint density at radius 3 is 2.56 bits per heavy atom. The maximum Gasteiger partial charge on any atom is 0.253 e. The molecule has 0 radical (unpaired) electrons. The van der Waals surface area contributed by atoms with E-state index < -0.39 is 0 Å². The van der Waals surface area contributed by atoms with E-state index in [0.717, 1.165) is 17.7 Å². The summed E-state index contributed by atoms with van der Waals surface area (Å²) in [5, 5.41) is 3.57. The second-order valence-electron chi connectivity index (χ2n) is 4.83. The number of hydrogen-bond donors (Lipinski definition) is 2. The molecule has 1 amide bonds. The smallest absolute Gasteiger partial charge is 0.253 e. The van der Waals surface area contributed by atoms with Crippen molar-refractivity contribution in [2.24, 2.45) is 0 Å². The van der Waals surface area contributed by atoms with Gasteiger partial charge in [0.2, 0.25) is 0 Å². The van der Waals surface area contributed by atoms with Gasteiger partial charge in [-0.25, -0.2) is 0 Å². The van der Waals surface area contributed by atoms with Gasteiger partial charge >= 0.3 is 0 Å². The monoisotopic (exact) mass is 283 g/mol. The van der Waals surface area contributed by atoms with Gasteiger partial charge in [-0.05, 0) is 31.0 Å². The van der Waals surface area contributed by atoms with Crippen molar-refractivity contribution in [1.29, 1.82) is 0 Å². The number of halogens is 1. The topological polar surface area (TPSA) is 29.1 Å². The van der Waals surface area contributed by atoms with E-state index in [0.29, 0.717) is 16.6 Å². The van der Waals surface area contributed by atoms with Gasteiger partial charge in [0.05, 0.1) is 10.6 Å². The van der Waals surface area contributed by atoms with E-state index in [1.807, 2.05) is 0 Å². The summed E-state index contributed by atoms with van der Waals surface area (Å²) < 4.78 is 0. The number of thiol groups is 1. The molecule has 18 heavy (non-hydrogen) atoms. The number of amides is 1. The minimum Gasteiger partial charge on any atom is -0.349 e. The van der Waals surface area contributed by atoms with Crippen LogP contribution < -0.4 is 5.32 Å². The number of carbonyl (C=O) groups excluding carboxylic acids is 1. The molecule has 0 atom stereocenters. The first kappa shape index (κ1) is 13.8. The highest BCUT2D eigenvalue weighted by Crippen LogP contribution is 2.21. The lowest BCUT2D eigenvalue weighted by molar-refractivity contribution is 0.0933. The predicted molar refractivity (Wildman–Crippen MR) is 77.7 cm³/mol. The van der Waals surface area contributed by atoms with Crippen LogP contribution in [0.3, 0.4) is 0 Å². The number of benzene rings is 1. The second kappa shape index (κ2) is 6.48. The third-order valence-corrected chi connectivity index (χ3v) is 3.99. The summed E-state index contributed by atoms with van der Waals surface area (Å²) >= 11 is 10.3. The molecule has 1 aliphatic carbocycles. The lowest BCUT2D eigenvalue weighted by Gasteiger charge is -2.16. The van der Waals surface area contributed by atoms with Crippen molar-refractivity contribution in [2.75, 3.05) is 0 Å². The van der Waals surface area contributed by atoms with Crippen LogP contribution in [0.15, 0.2) is 23.1 Å². The summed E-state index contributed by atoms with van der Waals surface area (Å²) in [5.41, 5.74) is 0.522. The molecule has 0 aromatic heterocycles. The second-order valence-corrected chi connectivity index (χ2v) is 5.75. The van der Waals surface area contributed by atoms with E-state index in [9.17, 15) is 4.79 Å². The van der Waals surface area contributed by atoms with Crippen LogP contribution in [0.4, 0.5) is 0 Å². The first-order chi connectivity index (χ1) is 8.66. The Morgan fingerprint density at radius 1 is 1.22 bits per heavy atom. The third-order valence-electron chi connectivity index (χ3n) is 3.38. The number of rotatable bonds is 2. The highest BCUT2D eigenvalue weighted by atomic mass is 35.5. The summed E-state index contributed by atoms with van der Waals surface area (Å²) in [4.78, 5) is 12.9. The van der Waals surface area contributed by atoms with Gasteiger partial charge in [-0.15, -0.1) is 12.6 Å². The minimum absolute atomic E-state index is 0.0807. The van der Waals surface area contributed by atoms with E-state index in [1.165, 1.54) is 25.7 Å². The standard InChI is InChI=1S/C14H18ClNOS/c15-13-8-7-11(18)9-12(13)14(17)16-10-5-3-1-2-4-6-10/h7-10,18H,1-6H2,(H,16,17). The van der Waals surface area contributed by atoms with Crippen LogP contribution in [-0.2, 0) is 0 Å². The first-order valence-corrected chi connectivity index (χ1v) is 7.29. The average Bonchev–Trinajstić information content (AvgIpc) is 2.61. The van der Waals surface area contributed by atoms with Crippen molar-refractivity contribution in [3.05, 3.63) is 28.8 Å². The minimum atomic E-state index is -0.0807. The summed E-state index contributed by atoms with van der Waals surface area (Å²) in [6.07, 6.45) is 7.10. The predicted octanol–water partition coefficient (Wildman–Crippen LogP) is 4.08. The Bertz CT molecular complexity index is 428. The lowest BCUT2D eigenvalue weighted by Crippen LogP contribution is -2.34. The number of hydrogen-bond acceptors (Lipinski definition) is 2. The quantitative estimate of drug-likeness (QED) is 0.621. The Balaban J connectivity index is 2.04. The van der Waals surface area contributed by atoms with Gasteiger partial charge in [-0.1, -0.05) is 37.3 Å². The molecule has 2 rings (SSSR count). The summed E-state index contributed by atoms with van der Waals surface area (Å²) in [5.74, 6) is -0.0807. The van der Waals surface area contributed by atoms with Gasteiger partial charge in [0.1, 0.15) is 0 Å². The number of carbonyl (C=O) groups is 1. The van der Waals surface area contributed by atoms with Gasteiger partial charge < -0.3 is 5.32 Å². The largest absolute Gasteiger partial charge is 0.349 e. The Kier molecular flexibility index (Phi) is 4.95. The van der Waals surface area contributed by atoms with Crippen LogP contribution in [0.25, 0.3) is 0 Å². The Hall–Kier alpha value is -0.670. The fraction of sp³-hybridized carbons (Fsp3) is 0.500. The Morgan fingerprint density at radius 2 is 1.89 bits per heavy atom.